The number of rotatable bonds is 8. The lowest BCUT2D eigenvalue weighted by Crippen LogP contribution is -2.11. The van der Waals surface area contributed by atoms with Gasteiger partial charge in [-0.2, -0.15) is 5.10 Å². The van der Waals surface area contributed by atoms with Crippen molar-refractivity contribution in [2.75, 3.05) is 12.4 Å². The van der Waals surface area contributed by atoms with E-state index in [9.17, 15) is 4.79 Å². The Bertz CT molecular complexity index is 1230. The smallest absolute Gasteiger partial charge is 0.291 e. The van der Waals surface area contributed by atoms with Gasteiger partial charge in [0.15, 0.2) is 5.76 Å². The molecule has 2 aromatic heterocycles. The predicted molar refractivity (Wildman–Crippen MR) is 121 cm³/mol. The minimum absolute atomic E-state index is 0.207. The van der Waals surface area contributed by atoms with Crippen molar-refractivity contribution in [2.24, 2.45) is 0 Å². The van der Waals surface area contributed by atoms with Crippen LogP contribution in [0.3, 0.4) is 0 Å². The van der Waals surface area contributed by atoms with Gasteiger partial charge in [-0.05, 0) is 61.9 Å². The van der Waals surface area contributed by atoms with Gasteiger partial charge in [0.2, 0.25) is 0 Å². The SMILES string of the molecule is COc1cccc(OCc2ccc(C(=O)Nc3cccc(Cn4nc(C)cc4C)c3)o2)c1. The molecule has 7 nitrogen and oxygen atoms in total. The molecule has 0 unspecified atom stereocenters. The lowest BCUT2D eigenvalue weighted by atomic mass is 10.2. The minimum atomic E-state index is -0.319. The molecule has 1 N–H and O–H groups in total. The number of ether oxygens (including phenoxy) is 2. The number of amides is 1. The molecule has 2 heterocycles. The Morgan fingerprint density at radius 3 is 2.62 bits per heavy atom. The summed E-state index contributed by atoms with van der Waals surface area (Å²) in [6.45, 7) is 4.84. The van der Waals surface area contributed by atoms with Crippen LogP contribution >= 0.6 is 0 Å². The van der Waals surface area contributed by atoms with Gasteiger partial charge in [0.1, 0.15) is 23.9 Å². The number of furan rings is 1. The Balaban J connectivity index is 1.37. The van der Waals surface area contributed by atoms with E-state index in [4.69, 9.17) is 13.9 Å². The fraction of sp³-hybridized carbons (Fsp3) is 0.200. The van der Waals surface area contributed by atoms with E-state index < -0.39 is 0 Å². The maximum absolute atomic E-state index is 12.6. The molecule has 0 aliphatic rings. The third-order valence-corrected chi connectivity index (χ3v) is 4.93. The molecule has 0 bridgehead atoms. The Morgan fingerprint density at radius 1 is 1.03 bits per heavy atom. The average Bonchev–Trinajstić information content (AvgIpc) is 3.39. The zero-order valence-electron chi connectivity index (χ0n) is 18.3. The number of aromatic nitrogens is 2. The van der Waals surface area contributed by atoms with E-state index in [0.717, 1.165) is 17.0 Å². The third-order valence-electron chi connectivity index (χ3n) is 4.93. The van der Waals surface area contributed by atoms with Crippen LogP contribution in [0.4, 0.5) is 5.69 Å². The molecule has 4 aromatic rings. The topological polar surface area (TPSA) is 78.5 Å². The fourth-order valence-electron chi connectivity index (χ4n) is 3.37. The molecule has 4 rings (SSSR count). The summed E-state index contributed by atoms with van der Waals surface area (Å²) in [5, 5.41) is 7.38. The van der Waals surface area contributed by atoms with Gasteiger partial charge >= 0.3 is 0 Å². The summed E-state index contributed by atoms with van der Waals surface area (Å²) in [6.07, 6.45) is 0. The highest BCUT2D eigenvalue weighted by Gasteiger charge is 2.13. The zero-order valence-corrected chi connectivity index (χ0v) is 18.3. The zero-order chi connectivity index (χ0) is 22.5. The van der Waals surface area contributed by atoms with E-state index in [1.165, 1.54) is 0 Å². The van der Waals surface area contributed by atoms with Gasteiger partial charge in [-0.15, -0.1) is 0 Å². The van der Waals surface area contributed by atoms with Crippen LogP contribution < -0.4 is 14.8 Å². The first-order chi connectivity index (χ1) is 15.5. The van der Waals surface area contributed by atoms with E-state index >= 15 is 0 Å². The number of anilines is 1. The van der Waals surface area contributed by atoms with E-state index in [0.29, 0.717) is 29.5 Å². The minimum Gasteiger partial charge on any atom is -0.497 e. The third kappa shape index (κ3) is 5.18. The van der Waals surface area contributed by atoms with Crippen LogP contribution in [0, 0.1) is 13.8 Å². The summed E-state index contributed by atoms with van der Waals surface area (Å²) >= 11 is 0. The van der Waals surface area contributed by atoms with Gasteiger partial charge in [0.05, 0.1) is 19.3 Å². The highest BCUT2D eigenvalue weighted by molar-refractivity contribution is 6.02. The fourth-order valence-corrected chi connectivity index (χ4v) is 3.37. The molecule has 0 saturated carbocycles. The Morgan fingerprint density at radius 2 is 1.84 bits per heavy atom. The summed E-state index contributed by atoms with van der Waals surface area (Å²) in [5.74, 6) is 1.82. The Labute approximate surface area is 186 Å². The first-order valence-electron chi connectivity index (χ1n) is 10.3. The number of carbonyl (C=O) groups excluding carboxylic acids is 1. The second-order valence-electron chi connectivity index (χ2n) is 7.47. The summed E-state index contributed by atoms with van der Waals surface area (Å²) in [4.78, 5) is 12.6. The van der Waals surface area contributed by atoms with Crippen molar-refractivity contribution in [3.63, 3.8) is 0 Å². The normalized spacial score (nSPS) is 10.7. The van der Waals surface area contributed by atoms with Gasteiger partial charge in [0.25, 0.3) is 5.91 Å². The van der Waals surface area contributed by atoms with E-state index in [1.807, 2.05) is 67.1 Å². The first-order valence-corrected chi connectivity index (χ1v) is 10.3. The molecule has 0 spiro atoms. The molecule has 0 fully saturated rings. The molecule has 2 aromatic carbocycles. The Hall–Kier alpha value is -4.00. The highest BCUT2D eigenvalue weighted by Crippen LogP contribution is 2.21. The van der Waals surface area contributed by atoms with Crippen molar-refractivity contribution in [1.29, 1.82) is 0 Å². The van der Waals surface area contributed by atoms with E-state index in [2.05, 4.69) is 10.4 Å². The van der Waals surface area contributed by atoms with E-state index in [1.54, 1.807) is 25.3 Å². The molecule has 164 valence electrons. The van der Waals surface area contributed by atoms with Crippen LogP contribution in [0.5, 0.6) is 11.5 Å². The average molecular weight is 431 g/mol. The molecule has 1 amide bonds. The van der Waals surface area contributed by atoms with Crippen LogP contribution in [0.25, 0.3) is 0 Å². The van der Waals surface area contributed by atoms with Crippen LogP contribution in [0.1, 0.15) is 33.3 Å². The molecule has 7 heteroatoms. The molecule has 32 heavy (non-hydrogen) atoms. The van der Waals surface area contributed by atoms with E-state index in [-0.39, 0.29) is 18.3 Å². The number of hydrogen-bond donors (Lipinski definition) is 1. The number of benzene rings is 2. The summed E-state index contributed by atoms with van der Waals surface area (Å²) < 4.78 is 18.5. The van der Waals surface area contributed by atoms with Gasteiger partial charge < -0.3 is 19.2 Å². The lowest BCUT2D eigenvalue weighted by molar-refractivity contribution is 0.0992. The monoisotopic (exact) mass is 431 g/mol. The van der Waals surface area contributed by atoms with Crippen LogP contribution in [-0.4, -0.2) is 22.8 Å². The van der Waals surface area contributed by atoms with Gasteiger partial charge in [-0.1, -0.05) is 18.2 Å². The summed E-state index contributed by atoms with van der Waals surface area (Å²) in [5.41, 5.74) is 3.81. The molecular formula is C25H25N3O4. The van der Waals surface area contributed by atoms with Crippen molar-refractivity contribution in [1.82, 2.24) is 9.78 Å². The highest BCUT2D eigenvalue weighted by atomic mass is 16.5. The van der Waals surface area contributed by atoms with Crippen LogP contribution in [0.15, 0.2) is 71.1 Å². The second-order valence-corrected chi connectivity index (χ2v) is 7.47. The number of hydrogen-bond acceptors (Lipinski definition) is 5. The van der Waals surface area contributed by atoms with Gasteiger partial charge in [0, 0.05) is 17.4 Å². The number of nitrogens with one attached hydrogen (secondary N) is 1. The van der Waals surface area contributed by atoms with Crippen molar-refractivity contribution < 1.29 is 18.7 Å². The predicted octanol–water partition coefficient (Wildman–Crippen LogP) is 4.98. The van der Waals surface area contributed by atoms with Crippen molar-refractivity contribution in [3.8, 4) is 11.5 Å². The maximum atomic E-state index is 12.6. The van der Waals surface area contributed by atoms with Crippen LogP contribution in [0.2, 0.25) is 0 Å². The van der Waals surface area contributed by atoms with Gasteiger partial charge in [-0.25, -0.2) is 0 Å². The molecule has 0 aliphatic carbocycles. The number of methoxy groups -OCH3 is 1. The largest absolute Gasteiger partial charge is 0.497 e. The van der Waals surface area contributed by atoms with Crippen LogP contribution in [-0.2, 0) is 13.2 Å². The quantitative estimate of drug-likeness (QED) is 0.426. The molecule has 0 atom stereocenters. The van der Waals surface area contributed by atoms with Crippen molar-refractivity contribution >= 4 is 11.6 Å². The molecule has 0 radical (unpaired) electrons. The van der Waals surface area contributed by atoms with Crippen molar-refractivity contribution in [3.05, 3.63) is 95.2 Å². The number of aryl methyl sites for hydroxylation is 2. The molecule has 0 aliphatic heterocycles. The summed E-state index contributed by atoms with van der Waals surface area (Å²) in [6, 6.07) is 20.4. The number of nitrogens with zero attached hydrogens (tertiary/aromatic N) is 2. The number of carbonyl (C=O) groups is 1. The van der Waals surface area contributed by atoms with Crippen molar-refractivity contribution in [2.45, 2.75) is 27.0 Å². The standard InChI is InChI=1S/C25H25N3O4/c1-17-12-18(2)28(27-17)15-19-6-4-7-20(13-19)26-25(29)24-11-10-23(32-24)16-31-22-9-5-8-21(14-22)30-3/h4-14H,15-16H2,1-3H3,(H,26,29). The lowest BCUT2D eigenvalue weighted by Gasteiger charge is -2.08. The summed E-state index contributed by atoms with van der Waals surface area (Å²) in [7, 11) is 1.60. The van der Waals surface area contributed by atoms with Gasteiger partial charge in [-0.3, -0.25) is 9.48 Å². The molecular weight excluding hydrogens is 406 g/mol. The first kappa shape index (κ1) is 21.2. The maximum Gasteiger partial charge on any atom is 0.291 e. The Kier molecular flexibility index (Phi) is 6.26. The molecule has 0 saturated heterocycles. The second kappa shape index (κ2) is 9.43.